The number of thiophene rings is 1. The molecule has 3 rings (SSSR count). The number of nitrogens with zero attached hydrogens (tertiary/aromatic N) is 1. The highest BCUT2D eigenvalue weighted by molar-refractivity contribution is 7.10. The van der Waals surface area contributed by atoms with Gasteiger partial charge in [-0.1, -0.05) is 18.2 Å². The van der Waals surface area contributed by atoms with Crippen LogP contribution < -0.4 is 9.64 Å². The van der Waals surface area contributed by atoms with Gasteiger partial charge in [-0.15, -0.1) is 11.3 Å². The monoisotopic (exact) mass is 331 g/mol. The maximum atomic E-state index is 12.8. The fourth-order valence-corrected chi connectivity index (χ4v) is 3.57. The number of benzene rings is 1. The molecule has 23 heavy (non-hydrogen) atoms. The summed E-state index contributed by atoms with van der Waals surface area (Å²) < 4.78 is 5.44. The summed E-state index contributed by atoms with van der Waals surface area (Å²) in [5.41, 5.74) is 0.820. The number of fused-ring (bicyclic) bond motifs is 1. The Labute approximate surface area is 138 Å². The van der Waals surface area contributed by atoms with Crippen molar-refractivity contribution < 1.29 is 19.4 Å². The second-order valence-corrected chi connectivity index (χ2v) is 6.33. The number of carbonyl (C=O) groups excluding carboxylic acids is 1. The van der Waals surface area contributed by atoms with Crippen LogP contribution in [0.5, 0.6) is 5.75 Å². The Kier molecular flexibility index (Phi) is 4.62. The van der Waals surface area contributed by atoms with Crippen LogP contribution in [0.15, 0.2) is 41.8 Å². The Morgan fingerprint density at radius 2 is 1.96 bits per heavy atom. The lowest BCUT2D eigenvalue weighted by molar-refractivity contribution is -0.150. The quantitative estimate of drug-likeness (QED) is 0.875. The maximum Gasteiger partial charge on any atom is 0.354 e. The summed E-state index contributed by atoms with van der Waals surface area (Å²) in [5, 5.41) is 11.4. The summed E-state index contributed by atoms with van der Waals surface area (Å²) in [7, 11) is 0. The van der Waals surface area contributed by atoms with Crippen molar-refractivity contribution in [1.82, 2.24) is 0 Å². The van der Waals surface area contributed by atoms with Crippen molar-refractivity contribution in [1.29, 1.82) is 0 Å². The number of amides is 1. The van der Waals surface area contributed by atoms with E-state index < -0.39 is 18.0 Å². The summed E-state index contributed by atoms with van der Waals surface area (Å²) in [6, 6.07) is 10.4. The second kappa shape index (κ2) is 6.83. The summed E-state index contributed by atoms with van der Waals surface area (Å²) >= 11 is 1.60. The highest BCUT2D eigenvalue weighted by Crippen LogP contribution is 2.31. The van der Waals surface area contributed by atoms with Gasteiger partial charge >= 0.3 is 5.97 Å². The number of para-hydroxylation sites is 1. The van der Waals surface area contributed by atoms with E-state index in [2.05, 4.69) is 0 Å². The number of hydrogen-bond donors (Lipinski definition) is 1. The predicted molar refractivity (Wildman–Crippen MR) is 88.1 cm³/mol. The van der Waals surface area contributed by atoms with Gasteiger partial charge in [0.1, 0.15) is 5.75 Å². The number of anilines is 1. The molecule has 5 nitrogen and oxygen atoms in total. The number of carbonyl (C=O) groups is 2. The van der Waals surface area contributed by atoms with Crippen molar-refractivity contribution >= 4 is 28.9 Å². The van der Waals surface area contributed by atoms with Gasteiger partial charge in [-0.05, 0) is 42.8 Å². The van der Waals surface area contributed by atoms with Crippen LogP contribution in [0.4, 0.5) is 5.69 Å². The van der Waals surface area contributed by atoms with Crippen molar-refractivity contribution in [2.75, 3.05) is 11.4 Å². The van der Waals surface area contributed by atoms with E-state index in [0.29, 0.717) is 12.3 Å². The third-order valence-corrected chi connectivity index (χ3v) is 4.73. The predicted octanol–water partition coefficient (Wildman–Crippen LogP) is 2.95. The van der Waals surface area contributed by atoms with Gasteiger partial charge in [0.15, 0.2) is 0 Å². The van der Waals surface area contributed by atoms with Gasteiger partial charge in [-0.25, -0.2) is 4.79 Å². The van der Waals surface area contributed by atoms with E-state index in [1.54, 1.807) is 46.6 Å². The molecular weight excluding hydrogens is 314 g/mol. The third kappa shape index (κ3) is 3.37. The molecule has 120 valence electrons. The molecule has 1 unspecified atom stereocenters. The normalized spacial score (nSPS) is 15.4. The molecule has 1 atom stereocenters. The Hall–Kier alpha value is -2.34. The number of hydrogen-bond acceptors (Lipinski definition) is 4. The molecule has 2 heterocycles. The zero-order valence-electron chi connectivity index (χ0n) is 12.5. The standard InChI is InChI=1S/C17H17NO4S/c19-16(15(17(20)21)22-12-6-2-1-3-7-12)18-10-5-4-8-14-13(18)9-11-23-14/h1-3,6-7,9,11,15H,4-5,8,10H2,(H,20,21). The first kappa shape index (κ1) is 15.6. The SMILES string of the molecule is O=C(O)C(Oc1ccccc1)C(=O)N1CCCCc2sccc21. The Morgan fingerprint density at radius 1 is 1.17 bits per heavy atom. The number of aryl methyl sites for hydroxylation is 1. The van der Waals surface area contributed by atoms with E-state index in [4.69, 9.17) is 4.74 Å². The smallest absolute Gasteiger partial charge is 0.354 e. The van der Waals surface area contributed by atoms with Gasteiger partial charge in [-0.2, -0.15) is 0 Å². The van der Waals surface area contributed by atoms with Gasteiger partial charge in [0.2, 0.25) is 0 Å². The number of carboxylic acid groups (broad SMARTS) is 1. The van der Waals surface area contributed by atoms with Crippen LogP contribution in [-0.2, 0) is 16.0 Å². The lowest BCUT2D eigenvalue weighted by Gasteiger charge is -2.24. The van der Waals surface area contributed by atoms with E-state index >= 15 is 0 Å². The molecule has 1 aliphatic rings. The van der Waals surface area contributed by atoms with Crippen molar-refractivity contribution in [3.8, 4) is 5.75 Å². The minimum absolute atomic E-state index is 0.369. The third-order valence-electron chi connectivity index (χ3n) is 3.76. The van der Waals surface area contributed by atoms with Gasteiger partial charge in [0, 0.05) is 11.4 Å². The van der Waals surface area contributed by atoms with Gasteiger partial charge in [0.25, 0.3) is 12.0 Å². The molecule has 0 radical (unpaired) electrons. The van der Waals surface area contributed by atoms with Crippen LogP contribution in [-0.4, -0.2) is 29.6 Å². The van der Waals surface area contributed by atoms with Crippen LogP contribution in [0, 0.1) is 0 Å². The average molecular weight is 331 g/mol. The minimum atomic E-state index is -1.54. The average Bonchev–Trinajstić information content (AvgIpc) is 2.92. The van der Waals surface area contributed by atoms with E-state index in [1.807, 2.05) is 11.4 Å². The van der Waals surface area contributed by atoms with Crippen molar-refractivity contribution in [3.63, 3.8) is 0 Å². The molecule has 0 bridgehead atoms. The molecule has 6 heteroatoms. The molecule has 1 aromatic carbocycles. The van der Waals surface area contributed by atoms with E-state index in [-0.39, 0.29) is 0 Å². The number of carboxylic acids is 1. The molecule has 1 aromatic heterocycles. The van der Waals surface area contributed by atoms with Crippen LogP contribution >= 0.6 is 11.3 Å². The zero-order chi connectivity index (χ0) is 16.2. The molecule has 0 saturated carbocycles. The lowest BCUT2D eigenvalue weighted by Crippen LogP contribution is -2.46. The van der Waals surface area contributed by atoms with E-state index in [0.717, 1.165) is 29.8 Å². The topological polar surface area (TPSA) is 66.8 Å². The highest BCUT2D eigenvalue weighted by atomic mass is 32.1. The van der Waals surface area contributed by atoms with Gasteiger partial charge in [0.05, 0.1) is 5.69 Å². The first-order chi connectivity index (χ1) is 11.2. The molecule has 0 aliphatic carbocycles. The second-order valence-electron chi connectivity index (χ2n) is 5.33. The first-order valence-electron chi connectivity index (χ1n) is 7.49. The summed E-state index contributed by atoms with van der Waals surface area (Å²) in [5.74, 6) is -1.43. The van der Waals surface area contributed by atoms with Crippen molar-refractivity contribution in [2.45, 2.75) is 25.4 Å². The molecule has 1 N–H and O–H groups in total. The highest BCUT2D eigenvalue weighted by Gasteiger charge is 2.35. The largest absolute Gasteiger partial charge is 0.478 e. The molecule has 0 fully saturated rings. The Morgan fingerprint density at radius 3 is 2.70 bits per heavy atom. The van der Waals surface area contributed by atoms with Crippen LogP contribution in [0.25, 0.3) is 0 Å². The lowest BCUT2D eigenvalue weighted by atomic mass is 10.2. The minimum Gasteiger partial charge on any atom is -0.478 e. The van der Waals surface area contributed by atoms with Crippen molar-refractivity contribution in [2.24, 2.45) is 0 Å². The van der Waals surface area contributed by atoms with Crippen LogP contribution in [0.1, 0.15) is 17.7 Å². The van der Waals surface area contributed by atoms with Gasteiger partial charge < -0.3 is 14.7 Å². The molecule has 1 amide bonds. The summed E-state index contributed by atoms with van der Waals surface area (Å²) in [6.45, 7) is 0.518. The fourth-order valence-electron chi connectivity index (χ4n) is 2.65. The van der Waals surface area contributed by atoms with E-state index in [1.165, 1.54) is 0 Å². The molecule has 1 aliphatic heterocycles. The first-order valence-corrected chi connectivity index (χ1v) is 8.37. The van der Waals surface area contributed by atoms with Crippen molar-refractivity contribution in [3.05, 3.63) is 46.7 Å². The van der Waals surface area contributed by atoms with E-state index in [9.17, 15) is 14.7 Å². The maximum absolute atomic E-state index is 12.8. The van der Waals surface area contributed by atoms with Crippen LogP contribution in [0.2, 0.25) is 0 Å². The molecule has 0 spiro atoms. The number of ether oxygens (including phenoxy) is 1. The Balaban J connectivity index is 1.86. The van der Waals surface area contributed by atoms with Crippen LogP contribution in [0.3, 0.4) is 0 Å². The fraction of sp³-hybridized carbons (Fsp3) is 0.294. The Bertz CT molecular complexity index is 698. The molecular formula is C17H17NO4S. The summed E-state index contributed by atoms with van der Waals surface area (Å²) in [4.78, 5) is 27.0. The molecule has 2 aromatic rings. The molecule has 0 saturated heterocycles. The zero-order valence-corrected chi connectivity index (χ0v) is 13.3. The number of aliphatic carboxylic acids is 1. The van der Waals surface area contributed by atoms with Gasteiger partial charge in [-0.3, -0.25) is 4.79 Å². The summed E-state index contributed by atoms with van der Waals surface area (Å²) in [6.07, 6.45) is 1.23. The number of rotatable bonds is 4.